The molecular formula is C39H23NS2. The molecule has 196 valence electrons. The summed E-state index contributed by atoms with van der Waals surface area (Å²) in [6.07, 6.45) is 3.99. The lowest BCUT2D eigenvalue weighted by Crippen LogP contribution is -1.92. The maximum Gasteiger partial charge on any atom is 0.0356 e. The summed E-state index contributed by atoms with van der Waals surface area (Å²) in [7, 11) is 0. The van der Waals surface area contributed by atoms with Gasteiger partial charge in [-0.15, -0.1) is 11.3 Å². The van der Waals surface area contributed by atoms with E-state index in [2.05, 4.69) is 139 Å². The predicted molar refractivity (Wildman–Crippen MR) is 183 cm³/mol. The molecule has 9 rings (SSSR count). The first-order valence-corrected chi connectivity index (χ1v) is 15.8. The number of rotatable bonds is 3. The van der Waals surface area contributed by atoms with E-state index in [-0.39, 0.29) is 0 Å². The summed E-state index contributed by atoms with van der Waals surface area (Å²) in [4.78, 5) is 7.18. The number of nitrogens with zero attached hydrogens (tertiary/aromatic N) is 1. The maximum absolute atomic E-state index is 4.66. The zero-order chi connectivity index (χ0) is 27.6. The molecule has 0 atom stereocenters. The molecular weight excluding hydrogens is 547 g/mol. The number of hydrogen-bond acceptors (Lipinski definition) is 3. The van der Waals surface area contributed by atoms with Crippen molar-refractivity contribution in [3.05, 3.63) is 140 Å². The van der Waals surface area contributed by atoms with Crippen LogP contribution in [0.2, 0.25) is 0 Å². The summed E-state index contributed by atoms with van der Waals surface area (Å²) in [5.74, 6) is 0. The Morgan fingerprint density at radius 2 is 1.14 bits per heavy atom. The summed E-state index contributed by atoms with van der Waals surface area (Å²) < 4.78 is 2.67. The molecule has 0 amide bonds. The second-order valence-electron chi connectivity index (χ2n) is 10.7. The largest absolute Gasteiger partial charge is 0.264 e. The number of benzene rings is 7. The van der Waals surface area contributed by atoms with E-state index in [1.807, 2.05) is 29.3 Å². The SMILES string of the molecule is c1ccc2c(c1)cc(-c1c3ccccc3c(Sc3ccc4sc5ccccc5c4c3)c3ccncc13)c1ccccc12. The van der Waals surface area contributed by atoms with Gasteiger partial charge in [-0.1, -0.05) is 103 Å². The highest BCUT2D eigenvalue weighted by molar-refractivity contribution is 7.99. The first-order valence-electron chi connectivity index (χ1n) is 14.1. The Kier molecular flexibility index (Phi) is 5.37. The van der Waals surface area contributed by atoms with Crippen molar-refractivity contribution in [2.75, 3.05) is 0 Å². The number of pyridine rings is 1. The van der Waals surface area contributed by atoms with E-state index < -0.39 is 0 Å². The summed E-state index contributed by atoms with van der Waals surface area (Å²) in [5.41, 5.74) is 2.50. The fraction of sp³-hybridized carbons (Fsp3) is 0. The molecule has 0 radical (unpaired) electrons. The van der Waals surface area contributed by atoms with Crippen molar-refractivity contribution in [3.8, 4) is 11.1 Å². The zero-order valence-electron chi connectivity index (χ0n) is 22.5. The highest BCUT2D eigenvalue weighted by Crippen LogP contribution is 2.48. The van der Waals surface area contributed by atoms with Crippen LogP contribution in [0.5, 0.6) is 0 Å². The van der Waals surface area contributed by atoms with E-state index in [1.165, 1.54) is 84.2 Å². The van der Waals surface area contributed by atoms with Crippen LogP contribution < -0.4 is 0 Å². The summed E-state index contributed by atoms with van der Waals surface area (Å²) in [6.45, 7) is 0. The zero-order valence-corrected chi connectivity index (χ0v) is 24.2. The quantitative estimate of drug-likeness (QED) is 0.155. The van der Waals surface area contributed by atoms with Crippen LogP contribution in [0.25, 0.3) is 74.4 Å². The lowest BCUT2D eigenvalue weighted by molar-refractivity contribution is 1.36. The van der Waals surface area contributed by atoms with Crippen molar-refractivity contribution in [2.24, 2.45) is 0 Å². The smallest absolute Gasteiger partial charge is 0.0356 e. The lowest BCUT2D eigenvalue weighted by Gasteiger charge is -2.19. The maximum atomic E-state index is 4.66. The van der Waals surface area contributed by atoms with E-state index in [1.54, 1.807) is 0 Å². The second kappa shape index (κ2) is 9.42. The van der Waals surface area contributed by atoms with Gasteiger partial charge in [0.05, 0.1) is 0 Å². The van der Waals surface area contributed by atoms with Crippen molar-refractivity contribution >= 4 is 86.4 Å². The molecule has 0 saturated heterocycles. The second-order valence-corrected chi connectivity index (χ2v) is 12.9. The molecule has 0 aliphatic rings. The molecule has 9 aromatic rings. The van der Waals surface area contributed by atoms with Crippen molar-refractivity contribution in [2.45, 2.75) is 9.79 Å². The molecule has 0 N–H and O–H groups in total. The van der Waals surface area contributed by atoms with Crippen LogP contribution in [0.15, 0.2) is 150 Å². The van der Waals surface area contributed by atoms with E-state index in [0.717, 1.165) is 0 Å². The Morgan fingerprint density at radius 3 is 2.02 bits per heavy atom. The minimum atomic E-state index is 1.18. The van der Waals surface area contributed by atoms with Crippen molar-refractivity contribution in [3.63, 3.8) is 0 Å². The van der Waals surface area contributed by atoms with Gasteiger partial charge in [-0.05, 0) is 85.2 Å². The van der Waals surface area contributed by atoms with Crippen LogP contribution in [-0.4, -0.2) is 4.98 Å². The Hall–Kier alpha value is -4.70. The molecule has 0 saturated carbocycles. The van der Waals surface area contributed by atoms with Crippen LogP contribution in [-0.2, 0) is 0 Å². The Labute approximate surface area is 251 Å². The number of thiophene rings is 1. The monoisotopic (exact) mass is 569 g/mol. The molecule has 0 unspecified atom stereocenters. The van der Waals surface area contributed by atoms with Gasteiger partial charge >= 0.3 is 0 Å². The van der Waals surface area contributed by atoms with Gasteiger partial charge in [0, 0.05) is 47.7 Å². The fourth-order valence-electron chi connectivity index (χ4n) is 6.53. The van der Waals surface area contributed by atoms with Crippen LogP contribution in [0.4, 0.5) is 0 Å². The Balaban J connectivity index is 1.34. The van der Waals surface area contributed by atoms with Gasteiger partial charge < -0.3 is 0 Å². The van der Waals surface area contributed by atoms with Gasteiger partial charge in [0.25, 0.3) is 0 Å². The molecule has 1 nitrogen and oxygen atoms in total. The lowest BCUT2D eigenvalue weighted by atomic mass is 9.88. The van der Waals surface area contributed by atoms with Gasteiger partial charge in [0.1, 0.15) is 0 Å². The molecule has 0 aliphatic carbocycles. The van der Waals surface area contributed by atoms with Crippen molar-refractivity contribution < 1.29 is 0 Å². The van der Waals surface area contributed by atoms with Crippen molar-refractivity contribution in [1.82, 2.24) is 4.98 Å². The molecule has 0 aliphatic heterocycles. The van der Waals surface area contributed by atoms with Gasteiger partial charge in [-0.2, -0.15) is 0 Å². The molecule has 3 heteroatoms. The third-order valence-corrected chi connectivity index (χ3v) is 10.7. The van der Waals surface area contributed by atoms with Crippen molar-refractivity contribution in [1.29, 1.82) is 0 Å². The molecule has 0 fully saturated rings. The number of aromatic nitrogens is 1. The topological polar surface area (TPSA) is 12.9 Å². The van der Waals surface area contributed by atoms with Gasteiger partial charge in [0.2, 0.25) is 0 Å². The van der Waals surface area contributed by atoms with E-state index in [0.29, 0.717) is 0 Å². The number of hydrogen-bond donors (Lipinski definition) is 0. The van der Waals surface area contributed by atoms with E-state index in [4.69, 9.17) is 0 Å². The normalized spacial score (nSPS) is 11.9. The molecule has 0 spiro atoms. The van der Waals surface area contributed by atoms with E-state index >= 15 is 0 Å². The highest BCUT2D eigenvalue weighted by atomic mass is 32.2. The molecule has 7 aromatic carbocycles. The van der Waals surface area contributed by atoms with Crippen LogP contribution in [0, 0.1) is 0 Å². The molecule has 42 heavy (non-hydrogen) atoms. The van der Waals surface area contributed by atoms with Crippen LogP contribution in [0.1, 0.15) is 0 Å². The first-order chi connectivity index (χ1) is 20.8. The third-order valence-electron chi connectivity index (χ3n) is 8.38. The van der Waals surface area contributed by atoms with Crippen LogP contribution >= 0.6 is 23.1 Å². The Bertz CT molecular complexity index is 2450. The molecule has 0 bridgehead atoms. The summed E-state index contributed by atoms with van der Waals surface area (Å²) >= 11 is 3.73. The predicted octanol–water partition coefficient (Wildman–Crippen LogP) is 11.9. The van der Waals surface area contributed by atoms with Gasteiger partial charge in [-0.25, -0.2) is 0 Å². The summed E-state index contributed by atoms with van der Waals surface area (Å²) in [6, 6.07) is 46.6. The van der Waals surface area contributed by atoms with Gasteiger partial charge in [-0.3, -0.25) is 4.98 Å². The first kappa shape index (κ1) is 24.0. The average molecular weight is 570 g/mol. The summed E-state index contributed by atoms with van der Waals surface area (Å²) in [5, 5.41) is 12.7. The molecule has 2 aromatic heterocycles. The number of fused-ring (bicyclic) bond motifs is 8. The highest BCUT2D eigenvalue weighted by Gasteiger charge is 2.19. The minimum absolute atomic E-state index is 1.18. The fourth-order valence-corrected chi connectivity index (χ4v) is 8.74. The minimum Gasteiger partial charge on any atom is -0.264 e. The Morgan fingerprint density at radius 1 is 0.476 bits per heavy atom. The van der Waals surface area contributed by atoms with Gasteiger partial charge in [0.15, 0.2) is 0 Å². The third kappa shape index (κ3) is 3.61. The standard InChI is InChI=1S/C39H23NS2/c1-2-10-26-24(9-1)21-34(28-12-4-3-11-27(26)28)38-30-14-5-6-15-31(30)39(32-19-20-40-23-35(32)38)41-25-17-18-37-33(22-25)29-13-7-8-16-36(29)42-37/h1-23H. The van der Waals surface area contributed by atoms with Crippen LogP contribution in [0.3, 0.4) is 0 Å². The van der Waals surface area contributed by atoms with E-state index in [9.17, 15) is 0 Å². The molecule has 2 heterocycles. The average Bonchev–Trinajstić information content (AvgIpc) is 3.42.